The molecule has 33 heavy (non-hydrogen) atoms. The van der Waals surface area contributed by atoms with Crippen molar-refractivity contribution in [3.63, 3.8) is 0 Å². The fourth-order valence-electron chi connectivity index (χ4n) is 6.05. The summed E-state index contributed by atoms with van der Waals surface area (Å²) in [7, 11) is 0. The summed E-state index contributed by atoms with van der Waals surface area (Å²) in [5.74, 6) is 0.235. The Kier molecular flexibility index (Phi) is 6.48. The van der Waals surface area contributed by atoms with Gasteiger partial charge in [-0.1, -0.05) is 86.6 Å². The van der Waals surface area contributed by atoms with Crippen molar-refractivity contribution in [2.24, 2.45) is 0 Å². The van der Waals surface area contributed by atoms with Crippen molar-refractivity contribution in [1.29, 1.82) is 0 Å². The zero-order valence-corrected chi connectivity index (χ0v) is 20.1. The van der Waals surface area contributed by atoms with Crippen molar-refractivity contribution in [1.82, 2.24) is 9.88 Å². The van der Waals surface area contributed by atoms with Gasteiger partial charge in [-0.3, -0.25) is 4.79 Å². The van der Waals surface area contributed by atoms with Crippen LogP contribution in [0.4, 0.5) is 0 Å². The molecule has 2 aliphatic rings. The first kappa shape index (κ1) is 22.1. The fraction of sp³-hybridized carbons (Fsp3) is 0.467. The van der Waals surface area contributed by atoms with Gasteiger partial charge in [-0.05, 0) is 51.2 Å². The van der Waals surface area contributed by atoms with E-state index < -0.39 is 0 Å². The van der Waals surface area contributed by atoms with Crippen LogP contribution < -0.4 is 0 Å². The third-order valence-electron chi connectivity index (χ3n) is 7.85. The molecule has 0 radical (unpaired) electrons. The standard InChI is InChI=1S/C30H36N2O/c1-21-17-19-23(20-18-21)29-22(2)28(26-15-9-10-16-27(26)31-29)30(33)32(24-11-5-3-6-12-24)25-13-7-4-8-14-25/h9-10,15-20,24-25H,3-8,11-14H2,1-2H3. The second kappa shape index (κ2) is 9.67. The minimum absolute atomic E-state index is 0.235. The van der Waals surface area contributed by atoms with E-state index in [1.165, 1.54) is 44.1 Å². The minimum Gasteiger partial charge on any atom is -0.333 e. The Balaban J connectivity index is 1.65. The molecule has 3 heteroatoms. The van der Waals surface area contributed by atoms with Crippen LogP contribution in [0.15, 0.2) is 48.5 Å². The largest absolute Gasteiger partial charge is 0.333 e. The van der Waals surface area contributed by atoms with Crippen LogP contribution in [-0.2, 0) is 0 Å². The summed E-state index contributed by atoms with van der Waals surface area (Å²) in [6.07, 6.45) is 12.2. The highest BCUT2D eigenvalue weighted by molar-refractivity contribution is 6.09. The summed E-state index contributed by atoms with van der Waals surface area (Å²) in [4.78, 5) is 21.9. The Hall–Kier alpha value is -2.68. The molecule has 0 aliphatic heterocycles. The molecule has 1 heterocycles. The first-order chi connectivity index (χ1) is 16.1. The van der Waals surface area contributed by atoms with Crippen molar-refractivity contribution >= 4 is 16.8 Å². The van der Waals surface area contributed by atoms with Gasteiger partial charge in [0.15, 0.2) is 0 Å². The van der Waals surface area contributed by atoms with Gasteiger partial charge in [-0.15, -0.1) is 0 Å². The maximum atomic E-state index is 14.5. The lowest BCUT2D eigenvalue weighted by Gasteiger charge is -2.42. The highest BCUT2D eigenvalue weighted by Crippen LogP contribution is 2.35. The number of hydrogen-bond donors (Lipinski definition) is 0. The molecule has 1 aromatic heterocycles. The molecule has 172 valence electrons. The number of aryl methyl sites for hydroxylation is 1. The Morgan fingerprint density at radius 2 is 1.36 bits per heavy atom. The van der Waals surface area contributed by atoms with E-state index in [1.807, 2.05) is 12.1 Å². The van der Waals surface area contributed by atoms with Crippen LogP contribution in [0.2, 0.25) is 0 Å². The molecule has 3 aromatic rings. The number of benzene rings is 2. The predicted molar refractivity (Wildman–Crippen MR) is 137 cm³/mol. The van der Waals surface area contributed by atoms with Crippen LogP contribution in [0.5, 0.6) is 0 Å². The SMILES string of the molecule is Cc1ccc(-c2nc3ccccc3c(C(=O)N(C3CCCCC3)C3CCCCC3)c2C)cc1. The van der Waals surface area contributed by atoms with E-state index in [0.717, 1.165) is 59.0 Å². The zero-order chi connectivity index (χ0) is 22.8. The highest BCUT2D eigenvalue weighted by atomic mass is 16.2. The monoisotopic (exact) mass is 440 g/mol. The second-order valence-corrected chi connectivity index (χ2v) is 10.1. The Labute approximate surface area is 198 Å². The third-order valence-corrected chi connectivity index (χ3v) is 7.85. The molecule has 0 N–H and O–H groups in total. The van der Waals surface area contributed by atoms with Gasteiger partial charge in [0.1, 0.15) is 0 Å². The van der Waals surface area contributed by atoms with Crippen molar-refractivity contribution in [3.8, 4) is 11.3 Å². The number of pyridine rings is 1. The summed E-state index contributed by atoms with van der Waals surface area (Å²) >= 11 is 0. The zero-order valence-electron chi connectivity index (χ0n) is 20.1. The molecule has 0 bridgehead atoms. The molecule has 2 aromatic carbocycles. The lowest BCUT2D eigenvalue weighted by atomic mass is 9.87. The number of hydrogen-bond acceptors (Lipinski definition) is 2. The lowest BCUT2D eigenvalue weighted by molar-refractivity contribution is 0.0450. The molecule has 1 amide bonds. The smallest absolute Gasteiger partial charge is 0.255 e. The normalized spacial score (nSPS) is 17.9. The average Bonchev–Trinajstić information content (AvgIpc) is 2.86. The van der Waals surface area contributed by atoms with Gasteiger partial charge < -0.3 is 4.90 Å². The van der Waals surface area contributed by atoms with E-state index >= 15 is 0 Å². The number of para-hydroxylation sites is 1. The number of fused-ring (bicyclic) bond motifs is 1. The van der Waals surface area contributed by atoms with E-state index in [9.17, 15) is 4.79 Å². The van der Waals surface area contributed by atoms with Gasteiger partial charge in [0, 0.05) is 23.0 Å². The average molecular weight is 441 g/mol. The van der Waals surface area contributed by atoms with E-state index in [1.54, 1.807) is 0 Å². The molecular weight excluding hydrogens is 404 g/mol. The van der Waals surface area contributed by atoms with Crippen molar-refractivity contribution < 1.29 is 4.79 Å². The number of amides is 1. The number of nitrogens with zero attached hydrogens (tertiary/aromatic N) is 2. The summed E-state index contributed by atoms with van der Waals surface area (Å²) in [5, 5.41) is 0.993. The van der Waals surface area contributed by atoms with E-state index in [2.05, 4.69) is 55.1 Å². The van der Waals surface area contributed by atoms with Gasteiger partial charge in [-0.25, -0.2) is 4.98 Å². The first-order valence-electron chi connectivity index (χ1n) is 12.9. The molecule has 0 saturated heterocycles. The van der Waals surface area contributed by atoms with Gasteiger partial charge >= 0.3 is 0 Å². The number of rotatable bonds is 4. The molecule has 5 rings (SSSR count). The van der Waals surface area contributed by atoms with Crippen LogP contribution in [-0.4, -0.2) is 27.9 Å². The number of aromatic nitrogens is 1. The van der Waals surface area contributed by atoms with Crippen LogP contribution in [0.1, 0.15) is 85.7 Å². The molecule has 0 unspecified atom stereocenters. The molecule has 2 aliphatic carbocycles. The molecule has 0 atom stereocenters. The van der Waals surface area contributed by atoms with Crippen molar-refractivity contribution in [2.45, 2.75) is 90.1 Å². The third kappa shape index (κ3) is 4.43. The van der Waals surface area contributed by atoms with Crippen molar-refractivity contribution in [2.75, 3.05) is 0 Å². The molecule has 0 spiro atoms. The predicted octanol–water partition coefficient (Wildman–Crippen LogP) is 7.63. The Bertz CT molecular complexity index is 1100. The van der Waals surface area contributed by atoms with Crippen LogP contribution in [0.3, 0.4) is 0 Å². The maximum absolute atomic E-state index is 14.5. The maximum Gasteiger partial charge on any atom is 0.255 e. The minimum atomic E-state index is 0.235. The fourth-order valence-corrected chi connectivity index (χ4v) is 6.05. The molecule has 3 nitrogen and oxygen atoms in total. The molecular formula is C30H36N2O. The topological polar surface area (TPSA) is 33.2 Å². The quantitative estimate of drug-likeness (QED) is 0.418. The van der Waals surface area contributed by atoms with Gasteiger partial charge in [-0.2, -0.15) is 0 Å². The summed E-state index contributed by atoms with van der Waals surface area (Å²) in [5.41, 5.74) is 6.04. The van der Waals surface area contributed by atoms with E-state index in [4.69, 9.17) is 4.98 Å². The Morgan fingerprint density at radius 3 is 1.97 bits per heavy atom. The second-order valence-electron chi connectivity index (χ2n) is 10.1. The van der Waals surface area contributed by atoms with Crippen LogP contribution in [0.25, 0.3) is 22.2 Å². The van der Waals surface area contributed by atoms with Gasteiger partial charge in [0.05, 0.1) is 16.8 Å². The van der Waals surface area contributed by atoms with E-state index in [-0.39, 0.29) is 5.91 Å². The summed E-state index contributed by atoms with van der Waals surface area (Å²) < 4.78 is 0. The highest BCUT2D eigenvalue weighted by Gasteiger charge is 2.34. The summed E-state index contributed by atoms with van der Waals surface area (Å²) in [6, 6.07) is 17.5. The van der Waals surface area contributed by atoms with Crippen LogP contribution in [0, 0.1) is 13.8 Å². The number of carbonyl (C=O) groups excluding carboxylic acids is 1. The van der Waals surface area contributed by atoms with Crippen molar-refractivity contribution in [3.05, 3.63) is 65.2 Å². The van der Waals surface area contributed by atoms with Gasteiger partial charge in [0.25, 0.3) is 5.91 Å². The lowest BCUT2D eigenvalue weighted by Crippen LogP contribution is -2.49. The first-order valence-corrected chi connectivity index (χ1v) is 12.9. The van der Waals surface area contributed by atoms with Gasteiger partial charge in [0.2, 0.25) is 0 Å². The molecule has 2 fully saturated rings. The van der Waals surface area contributed by atoms with Crippen LogP contribution >= 0.6 is 0 Å². The Morgan fingerprint density at radius 1 is 0.788 bits per heavy atom. The molecule has 2 saturated carbocycles. The van der Waals surface area contributed by atoms with E-state index in [0.29, 0.717) is 12.1 Å². The number of carbonyl (C=O) groups is 1. The summed E-state index contributed by atoms with van der Waals surface area (Å²) in [6.45, 7) is 4.20.